The zero-order chi connectivity index (χ0) is 18.4. The lowest BCUT2D eigenvalue weighted by Crippen LogP contribution is -2.42. The molecule has 1 aromatic rings. The van der Waals surface area contributed by atoms with Crippen LogP contribution in [0.25, 0.3) is 0 Å². The van der Waals surface area contributed by atoms with Gasteiger partial charge in [-0.05, 0) is 44.0 Å². The van der Waals surface area contributed by atoms with E-state index in [-0.39, 0.29) is 17.5 Å². The first-order valence-corrected chi connectivity index (χ1v) is 8.12. The number of rotatable bonds is 5. The molecule has 1 aliphatic rings. The number of carbonyl (C=O) groups is 2. The predicted molar refractivity (Wildman–Crippen MR) is 83.0 cm³/mol. The Morgan fingerprint density at radius 3 is 2.28 bits per heavy atom. The highest BCUT2D eigenvalue weighted by Gasteiger charge is 2.31. The van der Waals surface area contributed by atoms with E-state index in [0.29, 0.717) is 0 Å². The average Bonchev–Trinajstić information content (AvgIpc) is 2.54. The van der Waals surface area contributed by atoms with Crippen molar-refractivity contribution >= 4 is 11.9 Å². The van der Waals surface area contributed by atoms with Crippen LogP contribution < -0.4 is 10.1 Å². The lowest BCUT2D eigenvalue weighted by molar-refractivity contribution is -0.274. The van der Waals surface area contributed by atoms with Gasteiger partial charge < -0.3 is 14.8 Å². The molecule has 1 N–H and O–H groups in total. The number of hydrogen-bond acceptors (Lipinski definition) is 4. The Kier molecular flexibility index (Phi) is 6.27. The van der Waals surface area contributed by atoms with Gasteiger partial charge >= 0.3 is 12.3 Å². The number of carbonyl (C=O) groups excluding carboxylic acids is 2. The third-order valence-electron chi connectivity index (χ3n) is 3.93. The molecule has 0 unspecified atom stereocenters. The molecule has 1 aliphatic carbocycles. The Hall–Kier alpha value is -2.25. The number of ether oxygens (including phenoxy) is 2. The van der Waals surface area contributed by atoms with Crippen molar-refractivity contribution in [1.29, 1.82) is 0 Å². The number of benzene rings is 1. The Morgan fingerprint density at radius 1 is 1.12 bits per heavy atom. The van der Waals surface area contributed by atoms with E-state index in [4.69, 9.17) is 4.74 Å². The summed E-state index contributed by atoms with van der Waals surface area (Å²) in [6.07, 6.45) is -0.684. The van der Waals surface area contributed by atoms with Gasteiger partial charge in [-0.25, -0.2) is 4.79 Å². The van der Waals surface area contributed by atoms with Crippen LogP contribution in [-0.4, -0.2) is 30.4 Å². The van der Waals surface area contributed by atoms with Gasteiger partial charge in [-0.1, -0.05) is 19.3 Å². The summed E-state index contributed by atoms with van der Waals surface area (Å²) in [4.78, 5) is 24.0. The maximum atomic E-state index is 12.1. The summed E-state index contributed by atoms with van der Waals surface area (Å²) in [6.45, 7) is 1.46. The van der Waals surface area contributed by atoms with Crippen LogP contribution in [0, 0.1) is 0 Å². The fraction of sp³-hybridized carbons (Fsp3) is 0.529. The van der Waals surface area contributed by atoms with Crippen LogP contribution in [0.1, 0.15) is 49.4 Å². The molecule has 1 fully saturated rings. The predicted octanol–water partition coefficient (Wildman–Crippen LogP) is 3.58. The quantitative estimate of drug-likeness (QED) is 0.816. The van der Waals surface area contributed by atoms with Crippen molar-refractivity contribution in [1.82, 2.24) is 5.32 Å². The Bertz CT molecular complexity index is 595. The van der Waals surface area contributed by atoms with Crippen LogP contribution in [0.15, 0.2) is 24.3 Å². The van der Waals surface area contributed by atoms with Crippen molar-refractivity contribution in [3.63, 3.8) is 0 Å². The Morgan fingerprint density at radius 2 is 1.72 bits per heavy atom. The number of esters is 1. The van der Waals surface area contributed by atoms with E-state index in [0.717, 1.165) is 56.4 Å². The summed E-state index contributed by atoms with van der Waals surface area (Å²) < 4.78 is 45.1. The van der Waals surface area contributed by atoms with Crippen LogP contribution in [0.5, 0.6) is 5.75 Å². The second-order valence-electron chi connectivity index (χ2n) is 5.96. The Labute approximate surface area is 143 Å². The van der Waals surface area contributed by atoms with Gasteiger partial charge in [0, 0.05) is 6.04 Å². The third kappa shape index (κ3) is 6.28. The lowest BCUT2D eigenvalue weighted by atomic mass is 9.95. The largest absolute Gasteiger partial charge is 0.573 e. The number of amides is 1. The van der Waals surface area contributed by atoms with E-state index in [1.165, 1.54) is 6.92 Å². The van der Waals surface area contributed by atoms with Crippen molar-refractivity contribution in [2.24, 2.45) is 0 Å². The molecular formula is C17H20F3NO4. The molecule has 0 aliphatic heterocycles. The highest BCUT2D eigenvalue weighted by atomic mass is 19.4. The summed E-state index contributed by atoms with van der Waals surface area (Å²) in [7, 11) is 0. The first-order chi connectivity index (χ1) is 11.7. The first-order valence-electron chi connectivity index (χ1n) is 8.12. The highest BCUT2D eigenvalue weighted by Crippen LogP contribution is 2.23. The molecule has 2 rings (SSSR count). The van der Waals surface area contributed by atoms with E-state index in [1.807, 2.05) is 0 Å². The standard InChI is InChI=1S/C17H20F3NO4/c1-11(15(22)21-13-5-3-2-4-6-13)24-16(23)12-7-9-14(10-8-12)25-17(18,19)20/h7-11,13H,2-6H2,1H3,(H,21,22)/t11-/m1/s1. The van der Waals surface area contributed by atoms with E-state index in [9.17, 15) is 22.8 Å². The molecule has 1 amide bonds. The van der Waals surface area contributed by atoms with Crippen LogP contribution in [0.4, 0.5) is 13.2 Å². The van der Waals surface area contributed by atoms with E-state index in [2.05, 4.69) is 10.1 Å². The smallest absolute Gasteiger partial charge is 0.449 e. The van der Waals surface area contributed by atoms with Gasteiger partial charge in [0.1, 0.15) is 5.75 Å². The minimum atomic E-state index is -4.80. The highest BCUT2D eigenvalue weighted by molar-refractivity contribution is 5.92. The molecule has 5 nitrogen and oxygen atoms in total. The lowest BCUT2D eigenvalue weighted by Gasteiger charge is -2.24. The molecule has 0 heterocycles. The zero-order valence-electron chi connectivity index (χ0n) is 13.8. The molecule has 1 atom stereocenters. The molecule has 0 radical (unpaired) electrons. The molecule has 1 saturated carbocycles. The van der Waals surface area contributed by atoms with Gasteiger partial charge in [-0.15, -0.1) is 13.2 Å². The number of nitrogens with one attached hydrogen (secondary N) is 1. The molecule has 138 valence electrons. The van der Waals surface area contributed by atoms with Crippen molar-refractivity contribution < 1.29 is 32.2 Å². The second-order valence-corrected chi connectivity index (χ2v) is 5.96. The van der Waals surface area contributed by atoms with Gasteiger partial charge in [0.05, 0.1) is 5.56 Å². The molecule has 0 bridgehead atoms. The third-order valence-corrected chi connectivity index (χ3v) is 3.93. The molecule has 8 heteroatoms. The van der Waals surface area contributed by atoms with Gasteiger partial charge in [-0.3, -0.25) is 4.79 Å². The van der Waals surface area contributed by atoms with Gasteiger partial charge in [0.25, 0.3) is 5.91 Å². The minimum absolute atomic E-state index is 0.0341. The fourth-order valence-electron chi connectivity index (χ4n) is 2.64. The molecule has 1 aromatic carbocycles. The van der Waals surface area contributed by atoms with Crippen LogP contribution in [0.3, 0.4) is 0 Å². The average molecular weight is 359 g/mol. The summed E-state index contributed by atoms with van der Waals surface area (Å²) in [5.74, 6) is -1.60. The van der Waals surface area contributed by atoms with Crippen LogP contribution >= 0.6 is 0 Å². The van der Waals surface area contributed by atoms with Crippen molar-refractivity contribution in [2.75, 3.05) is 0 Å². The van der Waals surface area contributed by atoms with Gasteiger partial charge in [-0.2, -0.15) is 0 Å². The Balaban J connectivity index is 1.86. The van der Waals surface area contributed by atoms with Crippen LogP contribution in [0.2, 0.25) is 0 Å². The molecular weight excluding hydrogens is 339 g/mol. The second kappa shape index (κ2) is 8.22. The topological polar surface area (TPSA) is 64.6 Å². The van der Waals surface area contributed by atoms with E-state index >= 15 is 0 Å². The van der Waals surface area contributed by atoms with Crippen molar-refractivity contribution in [3.05, 3.63) is 29.8 Å². The van der Waals surface area contributed by atoms with Gasteiger partial charge in [0.15, 0.2) is 6.10 Å². The summed E-state index contributed by atoms with van der Waals surface area (Å²) in [6, 6.07) is 4.42. The first kappa shape index (κ1) is 19.1. The summed E-state index contributed by atoms with van der Waals surface area (Å²) in [5, 5.41) is 2.85. The van der Waals surface area contributed by atoms with Gasteiger partial charge in [0.2, 0.25) is 0 Å². The maximum absolute atomic E-state index is 12.1. The minimum Gasteiger partial charge on any atom is -0.449 e. The number of hydrogen-bond donors (Lipinski definition) is 1. The summed E-state index contributed by atoms with van der Waals surface area (Å²) >= 11 is 0. The summed E-state index contributed by atoms with van der Waals surface area (Å²) in [5.41, 5.74) is 0.0341. The number of alkyl halides is 3. The van der Waals surface area contributed by atoms with Crippen molar-refractivity contribution in [2.45, 2.75) is 57.5 Å². The van der Waals surface area contributed by atoms with Crippen LogP contribution in [-0.2, 0) is 9.53 Å². The SMILES string of the molecule is C[C@@H](OC(=O)c1ccc(OC(F)(F)F)cc1)C(=O)NC1CCCCC1. The van der Waals surface area contributed by atoms with E-state index < -0.39 is 24.2 Å². The number of halogens is 3. The molecule has 0 saturated heterocycles. The van der Waals surface area contributed by atoms with E-state index in [1.54, 1.807) is 0 Å². The normalized spacial score (nSPS) is 16.8. The maximum Gasteiger partial charge on any atom is 0.573 e. The molecule has 0 spiro atoms. The fourth-order valence-corrected chi connectivity index (χ4v) is 2.64. The monoisotopic (exact) mass is 359 g/mol. The molecule has 25 heavy (non-hydrogen) atoms. The van der Waals surface area contributed by atoms with Crippen molar-refractivity contribution in [3.8, 4) is 5.75 Å². The molecule has 0 aromatic heterocycles. The zero-order valence-corrected chi connectivity index (χ0v) is 13.8.